The number of rotatable bonds is 5. The van der Waals surface area contributed by atoms with E-state index in [9.17, 15) is 14.4 Å². The van der Waals surface area contributed by atoms with E-state index in [1.807, 2.05) is 6.07 Å². The van der Waals surface area contributed by atoms with Crippen molar-refractivity contribution in [2.45, 2.75) is 0 Å². The number of hydrogen-bond acceptors (Lipinski definition) is 5. The quantitative estimate of drug-likeness (QED) is 0.195. The molecule has 0 fully saturated rings. The molecule has 0 saturated heterocycles. The van der Waals surface area contributed by atoms with Gasteiger partial charge in [-0.05, 0) is 76.7 Å². The predicted octanol–water partition coefficient (Wildman–Crippen LogP) is 6.20. The summed E-state index contributed by atoms with van der Waals surface area (Å²) in [5.74, 6) is -0.732. The van der Waals surface area contributed by atoms with Crippen LogP contribution in [0.25, 0.3) is 6.08 Å². The first kappa shape index (κ1) is 26.0. The normalized spacial score (nSPS) is 12.6. The summed E-state index contributed by atoms with van der Waals surface area (Å²) < 4.78 is 6.91. The van der Waals surface area contributed by atoms with Crippen LogP contribution in [0.3, 0.4) is 0 Å². The summed E-state index contributed by atoms with van der Waals surface area (Å²) >= 11 is 18.4. The third-order valence-corrected chi connectivity index (χ3v) is 6.71. The highest BCUT2D eigenvalue weighted by molar-refractivity contribution is 9.11. The Morgan fingerprint density at radius 1 is 1.06 bits per heavy atom. The number of nitrogens with zero attached hydrogens (tertiary/aromatic N) is 1. The lowest BCUT2D eigenvalue weighted by Gasteiger charge is -2.16. The minimum absolute atomic E-state index is 0.0161. The molecule has 36 heavy (non-hydrogen) atoms. The van der Waals surface area contributed by atoms with Gasteiger partial charge in [0.15, 0.2) is 5.11 Å². The van der Waals surface area contributed by atoms with Gasteiger partial charge < -0.3 is 10.1 Å². The molecule has 1 aliphatic heterocycles. The van der Waals surface area contributed by atoms with E-state index in [0.717, 1.165) is 13.8 Å². The van der Waals surface area contributed by atoms with Gasteiger partial charge in [0.25, 0.3) is 11.8 Å². The molecule has 3 amide bonds. The van der Waals surface area contributed by atoms with Gasteiger partial charge in [0.2, 0.25) is 5.91 Å². The lowest BCUT2D eigenvalue weighted by Crippen LogP contribution is -2.33. The van der Waals surface area contributed by atoms with E-state index in [1.165, 1.54) is 19.3 Å². The lowest BCUT2D eigenvalue weighted by molar-refractivity contribution is -0.115. The number of methoxy groups -OCH3 is 1. The minimum atomic E-state index is -0.468. The van der Waals surface area contributed by atoms with Crippen molar-refractivity contribution in [2.75, 3.05) is 17.3 Å². The molecule has 0 bridgehead atoms. The highest BCUT2D eigenvalue weighted by atomic mass is 79.9. The van der Waals surface area contributed by atoms with E-state index in [4.69, 9.17) is 28.6 Å². The first-order valence-electron chi connectivity index (χ1n) is 10.3. The zero-order valence-corrected chi connectivity index (χ0v) is 23.2. The van der Waals surface area contributed by atoms with Crippen molar-refractivity contribution in [1.29, 1.82) is 0 Å². The van der Waals surface area contributed by atoms with E-state index in [0.29, 0.717) is 33.8 Å². The highest BCUT2D eigenvalue weighted by Gasteiger charge is 2.36. The number of anilines is 2. The Bertz CT molecular complexity index is 1430. The highest BCUT2D eigenvalue weighted by Crippen LogP contribution is 2.34. The molecule has 7 nitrogen and oxygen atoms in total. The molecule has 3 aromatic rings. The topological polar surface area (TPSA) is 87.7 Å². The number of nitrogens with one attached hydrogen (secondary N) is 2. The number of thiocarbonyl (C=S) groups is 1. The van der Waals surface area contributed by atoms with Crippen LogP contribution in [0, 0.1) is 0 Å². The zero-order chi connectivity index (χ0) is 26.0. The van der Waals surface area contributed by atoms with Gasteiger partial charge in [0.05, 0.1) is 39.1 Å². The maximum Gasteiger partial charge on any atom is 0.266 e. The second-order valence-electron chi connectivity index (χ2n) is 7.44. The number of imide groups is 1. The van der Waals surface area contributed by atoms with Gasteiger partial charge in [-0.25, -0.2) is 4.90 Å². The van der Waals surface area contributed by atoms with Gasteiger partial charge in [-0.1, -0.05) is 39.7 Å². The van der Waals surface area contributed by atoms with Gasteiger partial charge in [0, 0.05) is 16.1 Å². The standard InChI is InChI=1S/C25H16Br2ClN3O4S/c1-35-22-13(10-14(26)11-18(22)27)6-9-21(32)30-25(36)29-20-8-7-15(12-19(20)28)31-23(33)16-4-2-3-5-17(16)24(31)34/h2-12H,1H3,(H2,29,30,32,36). The Balaban J connectivity index is 1.42. The van der Waals surface area contributed by atoms with Crippen molar-refractivity contribution in [1.82, 2.24) is 5.32 Å². The average molecular weight is 650 g/mol. The number of carbonyl (C=O) groups is 3. The van der Waals surface area contributed by atoms with Crippen LogP contribution in [-0.2, 0) is 4.79 Å². The van der Waals surface area contributed by atoms with E-state index < -0.39 is 17.7 Å². The first-order valence-corrected chi connectivity index (χ1v) is 12.7. The second kappa shape index (κ2) is 10.9. The van der Waals surface area contributed by atoms with Crippen molar-refractivity contribution >= 4 is 96.0 Å². The van der Waals surface area contributed by atoms with Crippen LogP contribution in [-0.4, -0.2) is 29.9 Å². The molecule has 4 rings (SSSR count). The van der Waals surface area contributed by atoms with Crippen LogP contribution in [0.5, 0.6) is 5.75 Å². The van der Waals surface area contributed by atoms with Crippen molar-refractivity contribution in [3.8, 4) is 5.75 Å². The number of fused-ring (bicyclic) bond motifs is 1. The van der Waals surface area contributed by atoms with Crippen LogP contribution in [0.4, 0.5) is 11.4 Å². The Morgan fingerprint density at radius 3 is 2.33 bits per heavy atom. The molecule has 0 radical (unpaired) electrons. The maximum absolute atomic E-state index is 12.7. The van der Waals surface area contributed by atoms with Crippen molar-refractivity contribution < 1.29 is 19.1 Å². The van der Waals surface area contributed by atoms with Crippen molar-refractivity contribution in [3.05, 3.63) is 91.3 Å². The third-order valence-electron chi connectivity index (χ3n) is 5.15. The molecule has 2 N–H and O–H groups in total. The van der Waals surface area contributed by atoms with Gasteiger partial charge >= 0.3 is 0 Å². The number of benzene rings is 3. The van der Waals surface area contributed by atoms with Crippen LogP contribution < -0.4 is 20.3 Å². The number of ether oxygens (including phenoxy) is 1. The molecule has 0 saturated carbocycles. The fraction of sp³-hybridized carbons (Fsp3) is 0.0400. The Hall–Kier alpha value is -3.05. The summed E-state index contributed by atoms with van der Waals surface area (Å²) in [7, 11) is 1.54. The molecule has 0 atom stereocenters. The van der Waals surface area contributed by atoms with Gasteiger partial charge in [-0.2, -0.15) is 0 Å². The Morgan fingerprint density at radius 2 is 1.72 bits per heavy atom. The van der Waals surface area contributed by atoms with Crippen LogP contribution in [0.2, 0.25) is 5.02 Å². The summed E-state index contributed by atoms with van der Waals surface area (Å²) in [6.07, 6.45) is 2.91. The van der Waals surface area contributed by atoms with E-state index in [-0.39, 0.29) is 10.1 Å². The largest absolute Gasteiger partial charge is 0.495 e. The average Bonchev–Trinajstić information content (AvgIpc) is 3.09. The van der Waals surface area contributed by atoms with E-state index in [2.05, 4.69) is 42.5 Å². The van der Waals surface area contributed by atoms with Crippen LogP contribution in [0.1, 0.15) is 26.3 Å². The second-order valence-corrected chi connectivity index (χ2v) is 10.0. The van der Waals surface area contributed by atoms with E-state index >= 15 is 0 Å². The number of amides is 3. The van der Waals surface area contributed by atoms with Gasteiger partial charge in [-0.15, -0.1) is 0 Å². The first-order chi connectivity index (χ1) is 17.2. The smallest absolute Gasteiger partial charge is 0.266 e. The molecule has 11 heteroatoms. The minimum Gasteiger partial charge on any atom is -0.495 e. The van der Waals surface area contributed by atoms with Crippen molar-refractivity contribution in [2.24, 2.45) is 0 Å². The molecule has 182 valence electrons. The lowest BCUT2D eigenvalue weighted by atomic mass is 10.1. The number of hydrogen-bond donors (Lipinski definition) is 2. The Kier molecular flexibility index (Phi) is 7.89. The molecule has 1 aliphatic rings. The van der Waals surface area contributed by atoms with Crippen molar-refractivity contribution in [3.63, 3.8) is 0 Å². The fourth-order valence-electron chi connectivity index (χ4n) is 3.56. The maximum atomic E-state index is 12.7. The van der Waals surface area contributed by atoms with E-state index in [1.54, 1.807) is 48.5 Å². The summed E-state index contributed by atoms with van der Waals surface area (Å²) in [5.41, 5.74) is 2.07. The molecule has 0 spiro atoms. The zero-order valence-electron chi connectivity index (χ0n) is 18.5. The predicted molar refractivity (Wildman–Crippen MR) is 151 cm³/mol. The fourth-order valence-corrected chi connectivity index (χ4v) is 5.41. The molecular weight excluding hydrogens is 634 g/mol. The number of halogens is 3. The summed E-state index contributed by atoms with van der Waals surface area (Å²) in [6.45, 7) is 0. The molecule has 1 heterocycles. The van der Waals surface area contributed by atoms with Gasteiger partial charge in [-0.3, -0.25) is 19.7 Å². The summed E-state index contributed by atoms with van der Waals surface area (Å²) in [4.78, 5) is 38.9. The summed E-state index contributed by atoms with van der Waals surface area (Å²) in [6, 6.07) is 14.9. The Labute approximate surface area is 233 Å². The third kappa shape index (κ3) is 5.36. The molecule has 0 unspecified atom stereocenters. The van der Waals surface area contributed by atoms with Crippen LogP contribution in [0.15, 0.2) is 69.6 Å². The molecular formula is C25H16Br2ClN3O4S. The van der Waals surface area contributed by atoms with Crippen LogP contribution >= 0.6 is 55.7 Å². The number of carbonyl (C=O) groups excluding carboxylic acids is 3. The summed E-state index contributed by atoms with van der Waals surface area (Å²) in [5, 5.41) is 5.61. The SMILES string of the molecule is COc1c(Br)cc(Br)cc1C=CC(=O)NC(=S)Nc1ccc(N2C(=O)c3ccccc3C2=O)cc1Cl. The van der Waals surface area contributed by atoms with Gasteiger partial charge in [0.1, 0.15) is 5.75 Å². The molecule has 3 aromatic carbocycles. The molecule has 0 aromatic heterocycles. The molecule has 0 aliphatic carbocycles. The monoisotopic (exact) mass is 647 g/mol.